The molecule has 0 aliphatic heterocycles. The maximum Gasteiger partial charge on any atom is 0.0282 e. The zero-order valence-corrected chi connectivity index (χ0v) is 12.2. The predicted octanol–water partition coefficient (Wildman–Crippen LogP) is 2.81. The monoisotopic (exact) mass is 296 g/mol. The molecule has 3 heteroatoms. The Labute approximate surface area is 112 Å². The van der Waals surface area contributed by atoms with Crippen molar-refractivity contribution in [1.29, 1.82) is 0 Å². The third-order valence-electron chi connectivity index (χ3n) is 3.54. The van der Waals surface area contributed by atoms with Gasteiger partial charge in [-0.1, -0.05) is 48.0 Å². The van der Waals surface area contributed by atoms with Crippen molar-refractivity contribution in [2.45, 2.75) is 37.6 Å². The van der Waals surface area contributed by atoms with Crippen LogP contribution in [0.25, 0.3) is 0 Å². The van der Waals surface area contributed by atoms with E-state index in [4.69, 9.17) is 5.73 Å². The Morgan fingerprint density at radius 1 is 1.35 bits per heavy atom. The van der Waals surface area contributed by atoms with E-state index in [9.17, 15) is 0 Å². The Hall–Kier alpha value is -0.380. The number of hydrogen-bond donors (Lipinski definition) is 2. The lowest BCUT2D eigenvalue weighted by Crippen LogP contribution is -2.41. The molecule has 1 aliphatic carbocycles. The summed E-state index contributed by atoms with van der Waals surface area (Å²) in [4.78, 5) is 0. The molecule has 94 valence electrons. The van der Waals surface area contributed by atoms with Crippen LogP contribution in [-0.2, 0) is 5.41 Å². The quantitative estimate of drug-likeness (QED) is 0.877. The Balaban J connectivity index is 1.95. The van der Waals surface area contributed by atoms with Gasteiger partial charge in [0.1, 0.15) is 0 Å². The number of nitrogens with one attached hydrogen (secondary N) is 1. The van der Waals surface area contributed by atoms with Gasteiger partial charge in [0.2, 0.25) is 0 Å². The minimum absolute atomic E-state index is 0.0873. The molecule has 2 nitrogen and oxygen atoms in total. The fourth-order valence-electron chi connectivity index (χ4n) is 2.07. The summed E-state index contributed by atoms with van der Waals surface area (Å²) in [7, 11) is 0. The molecule has 1 fully saturated rings. The molecule has 1 aromatic rings. The van der Waals surface area contributed by atoms with E-state index >= 15 is 0 Å². The lowest BCUT2D eigenvalue weighted by molar-refractivity contribution is 0.447. The molecule has 1 saturated carbocycles. The maximum absolute atomic E-state index is 6.07. The van der Waals surface area contributed by atoms with Crippen LogP contribution in [0.4, 0.5) is 0 Å². The first-order chi connectivity index (χ1) is 7.93. The molecule has 0 radical (unpaired) electrons. The average Bonchev–Trinajstić information content (AvgIpc) is 2.96. The number of benzene rings is 1. The molecule has 0 atom stereocenters. The molecule has 0 saturated heterocycles. The Morgan fingerprint density at radius 2 is 2.00 bits per heavy atom. The van der Waals surface area contributed by atoms with Crippen LogP contribution >= 0.6 is 15.9 Å². The Kier molecular flexibility index (Phi) is 3.62. The van der Waals surface area contributed by atoms with E-state index in [2.05, 4.69) is 59.4 Å². The SMILES string of the molecule is CC(C)(CNCC1(N)CC1)c1ccccc1Br. The highest BCUT2D eigenvalue weighted by molar-refractivity contribution is 9.10. The van der Waals surface area contributed by atoms with Crippen LogP contribution in [0.2, 0.25) is 0 Å². The van der Waals surface area contributed by atoms with Crippen molar-refractivity contribution in [2.75, 3.05) is 13.1 Å². The van der Waals surface area contributed by atoms with Gasteiger partial charge in [0, 0.05) is 28.5 Å². The molecule has 0 aromatic heterocycles. The van der Waals surface area contributed by atoms with Gasteiger partial charge >= 0.3 is 0 Å². The van der Waals surface area contributed by atoms with Gasteiger partial charge in [0.05, 0.1) is 0 Å². The second-order valence-electron chi connectivity index (χ2n) is 5.83. The summed E-state index contributed by atoms with van der Waals surface area (Å²) in [6.45, 7) is 6.40. The van der Waals surface area contributed by atoms with Crippen molar-refractivity contribution >= 4 is 15.9 Å². The summed E-state index contributed by atoms with van der Waals surface area (Å²) >= 11 is 3.62. The molecule has 1 aromatic carbocycles. The number of hydrogen-bond acceptors (Lipinski definition) is 2. The Morgan fingerprint density at radius 3 is 2.59 bits per heavy atom. The third kappa shape index (κ3) is 3.30. The van der Waals surface area contributed by atoms with Crippen LogP contribution in [0.5, 0.6) is 0 Å². The van der Waals surface area contributed by atoms with Crippen molar-refractivity contribution < 1.29 is 0 Å². The highest BCUT2D eigenvalue weighted by atomic mass is 79.9. The second-order valence-corrected chi connectivity index (χ2v) is 6.68. The first-order valence-corrected chi connectivity index (χ1v) is 6.97. The predicted molar refractivity (Wildman–Crippen MR) is 76.2 cm³/mol. The first-order valence-electron chi connectivity index (χ1n) is 6.18. The lowest BCUT2D eigenvalue weighted by atomic mass is 9.84. The van der Waals surface area contributed by atoms with Gasteiger partial charge in [-0.3, -0.25) is 0 Å². The highest BCUT2D eigenvalue weighted by Crippen LogP contribution is 2.32. The molecular formula is C14H21BrN2. The minimum atomic E-state index is 0.0873. The van der Waals surface area contributed by atoms with Gasteiger partial charge < -0.3 is 11.1 Å². The van der Waals surface area contributed by atoms with E-state index < -0.39 is 0 Å². The third-order valence-corrected chi connectivity index (χ3v) is 4.23. The van der Waals surface area contributed by atoms with Gasteiger partial charge in [-0.25, -0.2) is 0 Å². The first kappa shape index (κ1) is 13.1. The van der Waals surface area contributed by atoms with E-state index in [0.717, 1.165) is 25.9 Å². The standard InChI is InChI=1S/C14H21BrN2/c1-13(2,9-17-10-14(16)7-8-14)11-5-3-4-6-12(11)15/h3-6,17H,7-10,16H2,1-2H3. The summed E-state index contributed by atoms with van der Waals surface area (Å²) < 4.78 is 1.18. The fourth-order valence-corrected chi connectivity index (χ4v) is 2.89. The summed E-state index contributed by atoms with van der Waals surface area (Å²) in [6.07, 6.45) is 2.32. The molecule has 0 spiro atoms. The van der Waals surface area contributed by atoms with Gasteiger partial charge in [-0.15, -0.1) is 0 Å². The number of nitrogens with two attached hydrogens (primary N) is 1. The van der Waals surface area contributed by atoms with Crippen molar-refractivity contribution in [1.82, 2.24) is 5.32 Å². The molecule has 0 unspecified atom stereocenters. The smallest absolute Gasteiger partial charge is 0.0282 e. The lowest BCUT2D eigenvalue weighted by Gasteiger charge is -2.27. The summed E-state index contributed by atoms with van der Waals surface area (Å²) in [6, 6.07) is 8.42. The normalized spacial score (nSPS) is 18.1. The molecule has 0 bridgehead atoms. The largest absolute Gasteiger partial charge is 0.324 e. The Bertz CT molecular complexity index is 397. The van der Waals surface area contributed by atoms with Crippen LogP contribution < -0.4 is 11.1 Å². The van der Waals surface area contributed by atoms with Crippen LogP contribution in [0.3, 0.4) is 0 Å². The molecule has 1 aliphatic rings. The second kappa shape index (κ2) is 4.71. The molecule has 17 heavy (non-hydrogen) atoms. The van der Waals surface area contributed by atoms with E-state index in [1.54, 1.807) is 0 Å². The highest BCUT2D eigenvalue weighted by Gasteiger charge is 2.38. The van der Waals surface area contributed by atoms with Crippen molar-refractivity contribution in [3.05, 3.63) is 34.3 Å². The van der Waals surface area contributed by atoms with Gasteiger partial charge in [-0.2, -0.15) is 0 Å². The molecular weight excluding hydrogens is 276 g/mol. The van der Waals surface area contributed by atoms with Gasteiger partial charge in [0.15, 0.2) is 0 Å². The molecule has 2 rings (SSSR count). The molecule has 0 heterocycles. The van der Waals surface area contributed by atoms with Crippen LogP contribution in [-0.4, -0.2) is 18.6 Å². The fraction of sp³-hybridized carbons (Fsp3) is 0.571. The van der Waals surface area contributed by atoms with Crippen LogP contribution in [0, 0.1) is 0 Å². The zero-order valence-electron chi connectivity index (χ0n) is 10.6. The van der Waals surface area contributed by atoms with Crippen LogP contribution in [0.1, 0.15) is 32.3 Å². The molecule has 3 N–H and O–H groups in total. The van der Waals surface area contributed by atoms with Crippen molar-refractivity contribution in [3.63, 3.8) is 0 Å². The van der Waals surface area contributed by atoms with Crippen molar-refractivity contribution in [3.8, 4) is 0 Å². The summed E-state index contributed by atoms with van der Waals surface area (Å²) in [5.74, 6) is 0. The summed E-state index contributed by atoms with van der Waals surface area (Å²) in [5.41, 5.74) is 7.62. The average molecular weight is 297 g/mol. The summed E-state index contributed by atoms with van der Waals surface area (Å²) in [5, 5.41) is 3.51. The van der Waals surface area contributed by atoms with Crippen LogP contribution in [0.15, 0.2) is 28.7 Å². The van der Waals surface area contributed by atoms with Crippen molar-refractivity contribution in [2.24, 2.45) is 5.73 Å². The molecule has 0 amide bonds. The van der Waals surface area contributed by atoms with E-state index in [-0.39, 0.29) is 11.0 Å². The van der Waals surface area contributed by atoms with E-state index in [1.807, 2.05) is 0 Å². The topological polar surface area (TPSA) is 38.0 Å². The van der Waals surface area contributed by atoms with Gasteiger partial charge in [-0.05, 0) is 24.5 Å². The number of halogens is 1. The maximum atomic E-state index is 6.07. The van der Waals surface area contributed by atoms with E-state index in [0.29, 0.717) is 0 Å². The zero-order chi connectivity index (χ0) is 12.5. The van der Waals surface area contributed by atoms with Gasteiger partial charge in [0.25, 0.3) is 0 Å². The van der Waals surface area contributed by atoms with E-state index in [1.165, 1.54) is 10.0 Å². The minimum Gasteiger partial charge on any atom is -0.324 e. The number of rotatable bonds is 5.